The van der Waals surface area contributed by atoms with Crippen LogP contribution >= 0.6 is 23.2 Å². The van der Waals surface area contributed by atoms with E-state index < -0.39 is 28.5 Å². The zero-order chi connectivity index (χ0) is 25.5. The normalized spacial score (nSPS) is 12.1. The van der Waals surface area contributed by atoms with E-state index in [0.717, 1.165) is 17.0 Å². The van der Waals surface area contributed by atoms with Gasteiger partial charge in [0.15, 0.2) is 0 Å². The Morgan fingerprint density at radius 3 is 2.38 bits per heavy atom. The van der Waals surface area contributed by atoms with Crippen LogP contribution in [0.25, 0.3) is 0 Å². The zero-order valence-corrected chi connectivity index (χ0v) is 21.9. The molecule has 0 bridgehead atoms. The van der Waals surface area contributed by atoms with Crippen molar-refractivity contribution in [3.8, 4) is 5.75 Å². The second kappa shape index (κ2) is 12.3. The molecule has 2 aromatic rings. The third kappa shape index (κ3) is 7.25. The molecule has 0 heterocycles. The first-order valence-electron chi connectivity index (χ1n) is 10.6. The number of anilines is 1. The lowest BCUT2D eigenvalue weighted by Gasteiger charge is -2.31. The van der Waals surface area contributed by atoms with E-state index >= 15 is 0 Å². The fourth-order valence-electron chi connectivity index (χ4n) is 3.24. The van der Waals surface area contributed by atoms with Crippen molar-refractivity contribution in [3.05, 3.63) is 58.1 Å². The van der Waals surface area contributed by atoms with E-state index in [2.05, 4.69) is 5.32 Å². The molecule has 0 saturated carbocycles. The first kappa shape index (κ1) is 27.8. The van der Waals surface area contributed by atoms with Crippen LogP contribution in [0.15, 0.2) is 42.5 Å². The van der Waals surface area contributed by atoms with Gasteiger partial charge in [0.2, 0.25) is 21.8 Å². The van der Waals surface area contributed by atoms with Gasteiger partial charge in [-0.1, -0.05) is 48.3 Å². The minimum absolute atomic E-state index is 0.0277. The van der Waals surface area contributed by atoms with Gasteiger partial charge in [0.05, 0.1) is 29.1 Å². The van der Waals surface area contributed by atoms with Crippen molar-refractivity contribution in [1.29, 1.82) is 0 Å². The molecular weight excluding hydrogens is 501 g/mol. The number of amides is 2. The number of nitrogens with zero attached hydrogens (tertiary/aromatic N) is 2. The third-order valence-electron chi connectivity index (χ3n) is 5.09. The summed E-state index contributed by atoms with van der Waals surface area (Å²) in [6, 6.07) is 10.5. The molecule has 0 spiro atoms. The monoisotopic (exact) mass is 529 g/mol. The molecule has 1 N–H and O–H groups in total. The van der Waals surface area contributed by atoms with Gasteiger partial charge in [0.1, 0.15) is 18.3 Å². The molecule has 2 rings (SSSR count). The number of ether oxygens (including phenoxy) is 1. The summed E-state index contributed by atoms with van der Waals surface area (Å²) in [5, 5.41) is 3.44. The van der Waals surface area contributed by atoms with E-state index in [0.29, 0.717) is 27.9 Å². The smallest absolute Gasteiger partial charge is 0.244 e. The van der Waals surface area contributed by atoms with Crippen molar-refractivity contribution in [3.63, 3.8) is 0 Å². The molecule has 8 nitrogen and oxygen atoms in total. The van der Waals surface area contributed by atoms with Gasteiger partial charge in [0, 0.05) is 13.1 Å². The van der Waals surface area contributed by atoms with Crippen LogP contribution in [0.1, 0.15) is 25.8 Å². The number of halogens is 2. The Morgan fingerprint density at radius 2 is 1.79 bits per heavy atom. The lowest BCUT2D eigenvalue weighted by molar-refractivity contribution is -0.139. The van der Waals surface area contributed by atoms with Crippen LogP contribution < -0.4 is 14.4 Å². The number of carbonyl (C=O) groups is 2. The second-order valence-electron chi connectivity index (χ2n) is 7.68. The van der Waals surface area contributed by atoms with Crippen LogP contribution in [0.2, 0.25) is 10.0 Å². The maximum atomic E-state index is 13.5. The van der Waals surface area contributed by atoms with Crippen molar-refractivity contribution in [2.75, 3.05) is 30.8 Å². The van der Waals surface area contributed by atoms with Crippen molar-refractivity contribution in [2.45, 2.75) is 32.9 Å². The van der Waals surface area contributed by atoms with Gasteiger partial charge in [-0.25, -0.2) is 8.42 Å². The summed E-state index contributed by atoms with van der Waals surface area (Å²) in [7, 11) is -2.44. The first-order chi connectivity index (χ1) is 16.0. The van der Waals surface area contributed by atoms with E-state index in [1.54, 1.807) is 49.4 Å². The Morgan fingerprint density at radius 1 is 1.12 bits per heavy atom. The van der Waals surface area contributed by atoms with E-state index in [4.69, 9.17) is 27.9 Å². The molecule has 0 saturated heterocycles. The fraction of sp³-hybridized carbons (Fsp3) is 0.391. The van der Waals surface area contributed by atoms with Crippen LogP contribution in [0.4, 0.5) is 5.69 Å². The van der Waals surface area contributed by atoms with Crippen molar-refractivity contribution < 1.29 is 22.7 Å². The number of hydrogen-bond acceptors (Lipinski definition) is 5. The number of rotatable bonds is 11. The van der Waals surface area contributed by atoms with Crippen molar-refractivity contribution >= 4 is 50.7 Å². The summed E-state index contributed by atoms with van der Waals surface area (Å²) in [4.78, 5) is 27.5. The van der Waals surface area contributed by atoms with Crippen LogP contribution in [-0.2, 0) is 26.2 Å². The molecule has 0 fully saturated rings. The number of hydrogen-bond donors (Lipinski definition) is 1. The quantitative estimate of drug-likeness (QED) is 0.478. The lowest BCUT2D eigenvalue weighted by Crippen LogP contribution is -2.51. The highest BCUT2D eigenvalue weighted by molar-refractivity contribution is 7.92. The van der Waals surface area contributed by atoms with Gasteiger partial charge in [-0.15, -0.1) is 0 Å². The van der Waals surface area contributed by atoms with E-state index in [9.17, 15) is 18.0 Å². The molecule has 34 heavy (non-hydrogen) atoms. The first-order valence-corrected chi connectivity index (χ1v) is 13.2. The van der Waals surface area contributed by atoms with Crippen molar-refractivity contribution in [1.82, 2.24) is 10.2 Å². The Bertz CT molecular complexity index is 1130. The number of nitrogens with one attached hydrogen (secondary N) is 1. The Balaban J connectivity index is 2.43. The minimum Gasteiger partial charge on any atom is -0.495 e. The highest BCUT2D eigenvalue weighted by Gasteiger charge is 2.31. The minimum atomic E-state index is -3.86. The summed E-state index contributed by atoms with van der Waals surface area (Å²) in [5.74, 6) is -0.620. The summed E-state index contributed by atoms with van der Waals surface area (Å²) >= 11 is 12.1. The topological polar surface area (TPSA) is 96.0 Å². The van der Waals surface area contributed by atoms with Gasteiger partial charge in [-0.3, -0.25) is 13.9 Å². The van der Waals surface area contributed by atoms with Gasteiger partial charge >= 0.3 is 0 Å². The number of carbonyl (C=O) groups excluding carboxylic acids is 2. The molecular formula is C23H29Cl2N3O5S. The van der Waals surface area contributed by atoms with Gasteiger partial charge in [-0.05, 0) is 43.2 Å². The molecule has 0 aliphatic heterocycles. The zero-order valence-electron chi connectivity index (χ0n) is 19.5. The lowest BCUT2D eigenvalue weighted by atomic mass is 10.1. The molecule has 186 valence electrons. The predicted octanol–water partition coefficient (Wildman–Crippen LogP) is 3.71. The summed E-state index contributed by atoms with van der Waals surface area (Å²) in [6.45, 7) is 3.47. The summed E-state index contributed by atoms with van der Waals surface area (Å²) in [5.41, 5.74) is 0.861. The molecule has 2 aromatic carbocycles. The largest absolute Gasteiger partial charge is 0.495 e. The maximum Gasteiger partial charge on any atom is 0.244 e. The molecule has 2 amide bonds. The van der Waals surface area contributed by atoms with Crippen LogP contribution in [0.3, 0.4) is 0 Å². The third-order valence-corrected chi connectivity index (χ3v) is 6.95. The van der Waals surface area contributed by atoms with E-state index in [1.807, 2.05) is 6.92 Å². The maximum absolute atomic E-state index is 13.5. The SMILES string of the molecule is CCCNC(=O)C(C)N(Cc1ccc(Cl)c(Cl)c1)C(=O)CN(c1ccccc1OC)S(C)(=O)=O. The Labute approximate surface area is 210 Å². The van der Waals surface area contributed by atoms with Crippen LogP contribution in [0, 0.1) is 0 Å². The molecule has 0 aromatic heterocycles. The van der Waals surface area contributed by atoms with E-state index in [1.165, 1.54) is 12.0 Å². The fourth-order valence-corrected chi connectivity index (χ4v) is 4.42. The Kier molecular flexibility index (Phi) is 10.0. The molecule has 11 heteroatoms. The Hall–Kier alpha value is -2.49. The molecule has 1 unspecified atom stereocenters. The number of benzene rings is 2. The summed E-state index contributed by atoms with van der Waals surface area (Å²) in [6.07, 6.45) is 1.74. The number of methoxy groups -OCH3 is 1. The average molecular weight is 530 g/mol. The standard InChI is InChI=1S/C23H29Cl2N3O5S/c1-5-12-26-23(30)16(2)27(14-17-10-11-18(24)19(25)13-17)22(29)15-28(34(4,31)32)20-8-6-7-9-21(20)33-3/h6-11,13,16H,5,12,14-15H2,1-4H3,(H,26,30). The molecule has 0 aliphatic rings. The second-order valence-corrected chi connectivity index (χ2v) is 10.4. The highest BCUT2D eigenvalue weighted by atomic mass is 35.5. The van der Waals surface area contributed by atoms with Gasteiger partial charge in [0.25, 0.3) is 0 Å². The number of sulfonamides is 1. The molecule has 0 radical (unpaired) electrons. The van der Waals surface area contributed by atoms with E-state index in [-0.39, 0.29) is 18.1 Å². The highest BCUT2D eigenvalue weighted by Crippen LogP contribution is 2.30. The molecule has 1 atom stereocenters. The summed E-state index contributed by atoms with van der Waals surface area (Å²) < 4.78 is 31.5. The van der Waals surface area contributed by atoms with Crippen LogP contribution in [-0.4, -0.2) is 57.6 Å². The van der Waals surface area contributed by atoms with Gasteiger partial charge in [-0.2, -0.15) is 0 Å². The van der Waals surface area contributed by atoms with Crippen LogP contribution in [0.5, 0.6) is 5.75 Å². The number of para-hydroxylation sites is 2. The molecule has 0 aliphatic carbocycles. The van der Waals surface area contributed by atoms with Crippen molar-refractivity contribution in [2.24, 2.45) is 0 Å². The van der Waals surface area contributed by atoms with Gasteiger partial charge < -0.3 is 15.0 Å². The predicted molar refractivity (Wildman–Crippen MR) is 135 cm³/mol. The average Bonchev–Trinajstić information content (AvgIpc) is 2.80.